The van der Waals surface area contributed by atoms with Gasteiger partial charge in [0.1, 0.15) is 0 Å². The number of rotatable bonds is 7. The molecule has 1 atom stereocenters. The van der Waals surface area contributed by atoms with Gasteiger partial charge < -0.3 is 10.2 Å². The molecule has 1 aliphatic carbocycles. The number of hydrogen-bond donors (Lipinski definition) is 1. The van der Waals surface area contributed by atoms with Crippen molar-refractivity contribution < 1.29 is 8.42 Å². The van der Waals surface area contributed by atoms with Crippen LogP contribution >= 0.6 is 0 Å². The smallest absolute Gasteiger partial charge is 0.244 e. The van der Waals surface area contributed by atoms with Crippen LogP contribution in [0, 0.1) is 0 Å². The molecule has 0 aromatic carbocycles. The quantitative estimate of drug-likeness (QED) is 0.741. The van der Waals surface area contributed by atoms with E-state index in [1.807, 2.05) is 11.8 Å². The molecule has 138 valence electrons. The van der Waals surface area contributed by atoms with E-state index in [2.05, 4.69) is 26.6 Å². The van der Waals surface area contributed by atoms with Crippen LogP contribution in [0.2, 0.25) is 0 Å². The Labute approximate surface area is 149 Å². The molecule has 1 unspecified atom stereocenters. The minimum absolute atomic E-state index is 0.0213. The summed E-state index contributed by atoms with van der Waals surface area (Å²) in [4.78, 5) is 6.57. The van der Waals surface area contributed by atoms with Gasteiger partial charge in [-0.25, -0.2) is 8.42 Å². The second kappa shape index (κ2) is 8.12. The molecule has 1 N–H and O–H groups in total. The maximum absolute atomic E-state index is 11.8. The first kappa shape index (κ1) is 18.1. The van der Waals surface area contributed by atoms with E-state index in [1.54, 1.807) is 6.20 Å². The first-order valence-corrected chi connectivity index (χ1v) is 11.0. The predicted octanol–water partition coefficient (Wildman–Crippen LogP) is 2.19. The van der Waals surface area contributed by atoms with E-state index < -0.39 is 9.84 Å². The van der Waals surface area contributed by atoms with Crippen LogP contribution in [0.15, 0.2) is 17.8 Å². The van der Waals surface area contributed by atoms with Crippen molar-refractivity contribution in [2.75, 3.05) is 34.8 Å². The highest BCUT2D eigenvalue weighted by Crippen LogP contribution is 2.23. The summed E-state index contributed by atoms with van der Waals surface area (Å²) in [6.45, 7) is 3.50. The molecule has 1 aliphatic heterocycles. The van der Waals surface area contributed by atoms with E-state index in [9.17, 15) is 8.42 Å². The number of anilines is 2. The molecule has 25 heavy (non-hydrogen) atoms. The Kier molecular flexibility index (Phi) is 5.88. The molecular weight excluding hydrogens is 338 g/mol. The lowest BCUT2D eigenvalue weighted by atomic mass is 9.97. The third-order valence-electron chi connectivity index (χ3n) is 4.94. The zero-order valence-electron chi connectivity index (χ0n) is 14.8. The number of hydrogen-bond acceptors (Lipinski definition) is 7. The average molecular weight is 366 g/mol. The summed E-state index contributed by atoms with van der Waals surface area (Å²) in [6, 6.07) is -0.0213. The molecule has 8 heteroatoms. The lowest BCUT2D eigenvalue weighted by Crippen LogP contribution is -2.37. The zero-order chi connectivity index (χ0) is 17.7. The molecule has 1 aromatic heterocycles. The molecule has 0 amide bonds. The molecule has 3 rings (SSSR count). The summed E-state index contributed by atoms with van der Waals surface area (Å²) in [7, 11) is -2.92. The average Bonchev–Trinajstić information content (AvgIpc) is 2.97. The van der Waals surface area contributed by atoms with Gasteiger partial charge in [0.25, 0.3) is 0 Å². The SMILES string of the molecule is CCN(c1cnnc(NCCC2=CCCCC2)n1)C1CCS(=O)(=O)C1. The van der Waals surface area contributed by atoms with Gasteiger partial charge in [-0.3, -0.25) is 0 Å². The van der Waals surface area contributed by atoms with Gasteiger partial charge in [-0.15, -0.1) is 5.10 Å². The van der Waals surface area contributed by atoms with Crippen molar-refractivity contribution in [2.24, 2.45) is 0 Å². The molecule has 0 bridgehead atoms. The Bertz CT molecular complexity index is 720. The maximum atomic E-state index is 11.8. The van der Waals surface area contributed by atoms with Crippen molar-refractivity contribution in [3.05, 3.63) is 17.8 Å². The van der Waals surface area contributed by atoms with Gasteiger partial charge in [0.05, 0.1) is 17.7 Å². The maximum Gasteiger partial charge on any atom is 0.244 e. The summed E-state index contributed by atoms with van der Waals surface area (Å²) in [5.41, 5.74) is 1.51. The molecule has 0 radical (unpaired) electrons. The van der Waals surface area contributed by atoms with Gasteiger partial charge >= 0.3 is 0 Å². The van der Waals surface area contributed by atoms with E-state index in [-0.39, 0.29) is 17.5 Å². The van der Waals surface area contributed by atoms with Gasteiger partial charge in [-0.05, 0) is 45.4 Å². The van der Waals surface area contributed by atoms with E-state index in [1.165, 1.54) is 31.3 Å². The normalized spacial score (nSPS) is 22.4. The summed E-state index contributed by atoms with van der Waals surface area (Å²) in [5.74, 6) is 1.65. The van der Waals surface area contributed by atoms with Crippen LogP contribution in [0.5, 0.6) is 0 Å². The fraction of sp³-hybridized carbons (Fsp3) is 0.706. The van der Waals surface area contributed by atoms with E-state index in [4.69, 9.17) is 0 Å². The van der Waals surface area contributed by atoms with Crippen LogP contribution in [0.3, 0.4) is 0 Å². The lowest BCUT2D eigenvalue weighted by molar-refractivity contribution is 0.599. The van der Waals surface area contributed by atoms with Crippen molar-refractivity contribution in [2.45, 2.75) is 51.5 Å². The molecule has 1 fully saturated rings. The van der Waals surface area contributed by atoms with Gasteiger partial charge in [-0.1, -0.05) is 11.6 Å². The Morgan fingerprint density at radius 1 is 1.36 bits per heavy atom. The topological polar surface area (TPSA) is 88.1 Å². The fourth-order valence-corrected chi connectivity index (χ4v) is 5.33. The molecule has 1 aromatic rings. The molecule has 2 heterocycles. The molecule has 0 saturated carbocycles. The van der Waals surface area contributed by atoms with Crippen LogP contribution < -0.4 is 10.2 Å². The van der Waals surface area contributed by atoms with Crippen molar-refractivity contribution in [1.29, 1.82) is 0 Å². The number of allylic oxidation sites excluding steroid dienone is 1. The Hall–Kier alpha value is -1.70. The number of aromatic nitrogens is 3. The second-order valence-electron chi connectivity index (χ2n) is 6.77. The molecular formula is C17H27N5O2S. The molecule has 7 nitrogen and oxygen atoms in total. The van der Waals surface area contributed by atoms with Crippen molar-refractivity contribution >= 4 is 21.6 Å². The monoisotopic (exact) mass is 365 g/mol. The predicted molar refractivity (Wildman–Crippen MR) is 99.6 cm³/mol. The highest BCUT2D eigenvalue weighted by molar-refractivity contribution is 7.91. The van der Waals surface area contributed by atoms with Gasteiger partial charge in [0.15, 0.2) is 15.7 Å². The first-order chi connectivity index (χ1) is 12.1. The third kappa shape index (κ3) is 4.90. The summed E-state index contributed by atoms with van der Waals surface area (Å²) in [5, 5.41) is 11.4. The highest BCUT2D eigenvalue weighted by atomic mass is 32.2. The van der Waals surface area contributed by atoms with Crippen LogP contribution in [0.25, 0.3) is 0 Å². The largest absolute Gasteiger partial charge is 0.353 e. The van der Waals surface area contributed by atoms with Crippen molar-refractivity contribution in [3.63, 3.8) is 0 Å². The van der Waals surface area contributed by atoms with Crippen LogP contribution in [-0.2, 0) is 9.84 Å². The summed E-state index contributed by atoms with van der Waals surface area (Å²) in [6.07, 6.45) is 10.6. The first-order valence-electron chi connectivity index (χ1n) is 9.16. The Balaban J connectivity index is 1.60. The van der Waals surface area contributed by atoms with Gasteiger partial charge in [0.2, 0.25) is 5.95 Å². The fourth-order valence-electron chi connectivity index (χ4n) is 3.60. The molecule has 1 saturated heterocycles. The van der Waals surface area contributed by atoms with Crippen molar-refractivity contribution in [1.82, 2.24) is 15.2 Å². The number of sulfone groups is 1. The molecule has 2 aliphatic rings. The van der Waals surface area contributed by atoms with Crippen molar-refractivity contribution in [3.8, 4) is 0 Å². The van der Waals surface area contributed by atoms with E-state index in [0.717, 1.165) is 13.0 Å². The van der Waals surface area contributed by atoms with E-state index in [0.29, 0.717) is 24.7 Å². The zero-order valence-corrected chi connectivity index (χ0v) is 15.6. The second-order valence-corrected chi connectivity index (χ2v) is 8.99. The minimum atomic E-state index is -2.92. The summed E-state index contributed by atoms with van der Waals surface area (Å²) >= 11 is 0. The standard InChI is InChI=1S/C17H27N5O2S/c1-2-22(15-9-11-25(23,24)13-15)16-12-19-21-17(20-16)18-10-8-14-6-4-3-5-7-14/h6,12,15H,2-5,7-11,13H2,1H3,(H,18,20,21). The van der Waals surface area contributed by atoms with Crippen LogP contribution in [-0.4, -0.2) is 54.2 Å². The van der Waals surface area contributed by atoms with E-state index >= 15 is 0 Å². The molecule has 0 spiro atoms. The highest BCUT2D eigenvalue weighted by Gasteiger charge is 2.32. The lowest BCUT2D eigenvalue weighted by Gasteiger charge is -2.27. The van der Waals surface area contributed by atoms with Crippen LogP contribution in [0.1, 0.15) is 45.4 Å². The van der Waals surface area contributed by atoms with Crippen LogP contribution in [0.4, 0.5) is 11.8 Å². The Morgan fingerprint density at radius 2 is 2.24 bits per heavy atom. The third-order valence-corrected chi connectivity index (χ3v) is 6.69. The number of nitrogens with zero attached hydrogens (tertiary/aromatic N) is 4. The van der Waals surface area contributed by atoms with Gasteiger partial charge in [0, 0.05) is 19.1 Å². The minimum Gasteiger partial charge on any atom is -0.353 e. The number of nitrogens with one attached hydrogen (secondary N) is 1. The Morgan fingerprint density at radius 3 is 2.92 bits per heavy atom. The van der Waals surface area contributed by atoms with Gasteiger partial charge in [-0.2, -0.15) is 10.1 Å². The summed E-state index contributed by atoms with van der Waals surface area (Å²) < 4.78 is 23.5.